The highest BCUT2D eigenvalue weighted by molar-refractivity contribution is 6.24. The van der Waals surface area contributed by atoms with Crippen LogP contribution in [0.2, 0.25) is 0 Å². The number of fused-ring (bicyclic) bond motifs is 1. The number of nitro groups is 1. The first kappa shape index (κ1) is 17.5. The molecule has 7 heteroatoms. The highest BCUT2D eigenvalue weighted by Crippen LogP contribution is 2.30. The van der Waals surface area contributed by atoms with Gasteiger partial charge in [-0.05, 0) is 17.5 Å². The molecule has 0 radical (unpaired) electrons. The van der Waals surface area contributed by atoms with Crippen molar-refractivity contribution >= 4 is 23.3 Å². The number of Topliss-reactive ketones (excluding diaryl/α,β-unsaturated/α-hetero) is 1. The fourth-order valence-corrected chi connectivity index (χ4v) is 2.90. The molecule has 0 saturated heterocycles. The van der Waals surface area contributed by atoms with Gasteiger partial charge < -0.3 is 0 Å². The maximum absolute atomic E-state index is 12.5. The summed E-state index contributed by atoms with van der Waals surface area (Å²) in [5.41, 5.74) is 0.702. The van der Waals surface area contributed by atoms with Crippen LogP contribution in [0.3, 0.4) is 0 Å². The first-order valence-corrected chi connectivity index (χ1v) is 8.08. The molecule has 2 aromatic carbocycles. The number of carbonyl (C=O) groups is 3. The quantitative estimate of drug-likeness (QED) is 0.356. The number of ketones is 1. The number of hydrogen-bond donors (Lipinski definition) is 0. The van der Waals surface area contributed by atoms with Crippen molar-refractivity contribution in [2.75, 3.05) is 6.54 Å². The van der Waals surface area contributed by atoms with E-state index in [9.17, 15) is 24.5 Å². The molecule has 7 nitrogen and oxygen atoms in total. The summed E-state index contributed by atoms with van der Waals surface area (Å²) in [6.45, 7) is 3.61. The number of hydrogen-bond acceptors (Lipinski definition) is 5. The van der Waals surface area contributed by atoms with Gasteiger partial charge in [-0.1, -0.05) is 44.2 Å². The van der Waals surface area contributed by atoms with Crippen LogP contribution in [0.15, 0.2) is 42.5 Å². The topological polar surface area (TPSA) is 97.6 Å². The molecule has 0 aromatic heterocycles. The van der Waals surface area contributed by atoms with Gasteiger partial charge in [-0.3, -0.25) is 29.4 Å². The van der Waals surface area contributed by atoms with E-state index >= 15 is 0 Å². The molecule has 1 aliphatic rings. The minimum atomic E-state index is -0.815. The van der Waals surface area contributed by atoms with Crippen LogP contribution in [0, 0.1) is 10.1 Å². The van der Waals surface area contributed by atoms with Gasteiger partial charge in [0, 0.05) is 11.6 Å². The Labute approximate surface area is 149 Å². The Morgan fingerprint density at radius 3 is 2.31 bits per heavy atom. The molecule has 0 aliphatic carbocycles. The maximum Gasteiger partial charge on any atom is 0.282 e. The molecule has 0 saturated carbocycles. The number of carbonyl (C=O) groups excluding carboxylic acids is 3. The van der Waals surface area contributed by atoms with Gasteiger partial charge in [-0.15, -0.1) is 0 Å². The summed E-state index contributed by atoms with van der Waals surface area (Å²) in [5.74, 6) is -1.60. The maximum atomic E-state index is 12.5. The Morgan fingerprint density at radius 2 is 1.73 bits per heavy atom. The van der Waals surface area contributed by atoms with E-state index in [4.69, 9.17) is 0 Å². The van der Waals surface area contributed by atoms with Crippen molar-refractivity contribution in [1.29, 1.82) is 0 Å². The molecule has 3 rings (SSSR count). The highest BCUT2D eigenvalue weighted by Gasteiger charge is 2.41. The van der Waals surface area contributed by atoms with Crippen molar-refractivity contribution in [2.45, 2.75) is 19.8 Å². The number of nitro benzene ring substituents is 1. The molecule has 132 valence electrons. The van der Waals surface area contributed by atoms with Crippen molar-refractivity contribution in [1.82, 2.24) is 4.90 Å². The van der Waals surface area contributed by atoms with Crippen LogP contribution in [-0.4, -0.2) is 34.0 Å². The molecule has 0 N–H and O–H groups in total. The number of rotatable bonds is 5. The second-order valence-electron chi connectivity index (χ2n) is 6.35. The molecule has 0 fully saturated rings. The molecule has 0 spiro atoms. The lowest BCUT2D eigenvalue weighted by Gasteiger charge is -2.13. The molecular formula is C19H16N2O5. The van der Waals surface area contributed by atoms with Crippen LogP contribution in [-0.2, 0) is 0 Å². The normalized spacial score (nSPS) is 13.3. The third-order valence-electron chi connectivity index (χ3n) is 4.37. The molecule has 2 aromatic rings. The van der Waals surface area contributed by atoms with Crippen LogP contribution in [0.4, 0.5) is 5.69 Å². The Bertz CT molecular complexity index is 931. The van der Waals surface area contributed by atoms with Crippen LogP contribution >= 0.6 is 0 Å². The van der Waals surface area contributed by atoms with Gasteiger partial charge in [-0.25, -0.2) is 0 Å². The van der Waals surface area contributed by atoms with Gasteiger partial charge in [-0.2, -0.15) is 0 Å². The Hall–Kier alpha value is -3.35. The summed E-state index contributed by atoms with van der Waals surface area (Å²) in [7, 11) is 0. The standard InChI is InChI=1S/C19H16N2O5/c1-11(2)12-6-8-13(9-7-12)16(22)10-20-18(23)14-4-3-5-15(21(25)26)17(14)19(20)24/h3-9,11H,10H2,1-2H3. The lowest BCUT2D eigenvalue weighted by atomic mass is 10.0. The third-order valence-corrected chi connectivity index (χ3v) is 4.37. The average molecular weight is 352 g/mol. The van der Waals surface area contributed by atoms with Gasteiger partial charge in [0.25, 0.3) is 17.5 Å². The van der Waals surface area contributed by atoms with Gasteiger partial charge in [0.1, 0.15) is 5.56 Å². The monoisotopic (exact) mass is 352 g/mol. The van der Waals surface area contributed by atoms with Gasteiger partial charge in [0.2, 0.25) is 0 Å². The predicted octanol–water partition coefficient (Wildman–Crippen LogP) is 3.20. The molecule has 0 atom stereocenters. The van der Waals surface area contributed by atoms with Crippen LogP contribution < -0.4 is 0 Å². The molecule has 1 heterocycles. The molecule has 26 heavy (non-hydrogen) atoms. The summed E-state index contributed by atoms with van der Waals surface area (Å²) in [6.07, 6.45) is 0. The lowest BCUT2D eigenvalue weighted by Crippen LogP contribution is -2.35. The minimum absolute atomic E-state index is 0.0489. The first-order valence-electron chi connectivity index (χ1n) is 8.08. The van der Waals surface area contributed by atoms with Crippen molar-refractivity contribution in [3.8, 4) is 0 Å². The molecular weight excluding hydrogens is 336 g/mol. The molecule has 2 amide bonds. The minimum Gasteiger partial charge on any atom is -0.292 e. The fraction of sp³-hybridized carbons (Fsp3) is 0.211. The van der Waals surface area contributed by atoms with Crippen molar-refractivity contribution < 1.29 is 19.3 Å². The highest BCUT2D eigenvalue weighted by atomic mass is 16.6. The van der Waals surface area contributed by atoms with Gasteiger partial charge in [0.15, 0.2) is 5.78 Å². The number of nitrogens with zero attached hydrogens (tertiary/aromatic N) is 2. The Morgan fingerprint density at radius 1 is 1.08 bits per heavy atom. The van der Waals surface area contributed by atoms with E-state index < -0.39 is 34.8 Å². The summed E-state index contributed by atoms with van der Waals surface area (Å²) in [4.78, 5) is 48.5. The lowest BCUT2D eigenvalue weighted by molar-refractivity contribution is -0.385. The Kier molecular flexibility index (Phi) is 4.38. The molecule has 0 bridgehead atoms. The smallest absolute Gasteiger partial charge is 0.282 e. The zero-order valence-electron chi connectivity index (χ0n) is 14.3. The van der Waals surface area contributed by atoms with Gasteiger partial charge in [0.05, 0.1) is 17.0 Å². The van der Waals surface area contributed by atoms with E-state index in [0.717, 1.165) is 10.5 Å². The summed E-state index contributed by atoms with van der Waals surface area (Å²) in [6, 6.07) is 10.8. The molecule has 1 aliphatic heterocycles. The summed E-state index contributed by atoms with van der Waals surface area (Å²) >= 11 is 0. The second-order valence-corrected chi connectivity index (χ2v) is 6.35. The van der Waals surface area contributed by atoms with E-state index in [-0.39, 0.29) is 11.1 Å². The number of amides is 2. The van der Waals surface area contributed by atoms with Crippen LogP contribution in [0.25, 0.3) is 0 Å². The van der Waals surface area contributed by atoms with Crippen LogP contribution in [0.5, 0.6) is 0 Å². The van der Waals surface area contributed by atoms with E-state index in [2.05, 4.69) is 0 Å². The van der Waals surface area contributed by atoms with Crippen LogP contribution in [0.1, 0.15) is 56.4 Å². The predicted molar refractivity (Wildman–Crippen MR) is 93.3 cm³/mol. The van der Waals surface area contributed by atoms with E-state index in [0.29, 0.717) is 11.5 Å². The fourth-order valence-electron chi connectivity index (χ4n) is 2.90. The van der Waals surface area contributed by atoms with Gasteiger partial charge >= 0.3 is 0 Å². The van der Waals surface area contributed by atoms with Crippen molar-refractivity contribution in [2.24, 2.45) is 0 Å². The summed E-state index contributed by atoms with van der Waals surface area (Å²) in [5, 5.41) is 11.1. The second kappa shape index (κ2) is 6.51. The van der Waals surface area contributed by atoms with E-state index in [1.807, 2.05) is 26.0 Å². The zero-order valence-corrected chi connectivity index (χ0v) is 14.3. The van der Waals surface area contributed by atoms with Crippen molar-refractivity contribution in [3.05, 3.63) is 74.8 Å². The third kappa shape index (κ3) is 2.88. The summed E-state index contributed by atoms with van der Waals surface area (Å²) < 4.78 is 0. The average Bonchev–Trinajstić information content (AvgIpc) is 2.86. The largest absolute Gasteiger partial charge is 0.292 e. The van der Waals surface area contributed by atoms with Crippen molar-refractivity contribution in [3.63, 3.8) is 0 Å². The number of imide groups is 1. The first-order chi connectivity index (χ1) is 12.3. The molecule has 0 unspecified atom stereocenters. The SMILES string of the molecule is CC(C)c1ccc(C(=O)CN2C(=O)c3cccc([N+](=O)[O-])c3C2=O)cc1. The van der Waals surface area contributed by atoms with E-state index in [1.54, 1.807) is 12.1 Å². The van der Waals surface area contributed by atoms with E-state index in [1.165, 1.54) is 18.2 Å². The number of benzene rings is 2. The zero-order chi connectivity index (χ0) is 19.0. The Balaban J connectivity index is 1.86.